The quantitative estimate of drug-likeness (QED) is 0.520. The van der Waals surface area contributed by atoms with Gasteiger partial charge < -0.3 is 0 Å². The summed E-state index contributed by atoms with van der Waals surface area (Å²) in [4.78, 5) is 13.3. The van der Waals surface area contributed by atoms with Gasteiger partial charge in [0.25, 0.3) is 15.7 Å². The summed E-state index contributed by atoms with van der Waals surface area (Å²) in [5, 5.41) is 10.9. The first-order chi connectivity index (χ1) is 9.81. The third-order valence-corrected chi connectivity index (χ3v) is 4.34. The van der Waals surface area contributed by atoms with Gasteiger partial charge >= 0.3 is 0 Å². The van der Waals surface area contributed by atoms with Crippen molar-refractivity contribution in [3.63, 3.8) is 0 Å². The van der Waals surface area contributed by atoms with E-state index < -0.39 is 25.5 Å². The van der Waals surface area contributed by atoms with Crippen LogP contribution in [-0.4, -0.2) is 18.3 Å². The zero-order valence-electron chi connectivity index (χ0n) is 10.2. The highest BCUT2D eigenvalue weighted by Gasteiger charge is 2.26. The molecule has 0 saturated carbocycles. The van der Waals surface area contributed by atoms with E-state index in [0.717, 1.165) is 12.1 Å². The van der Waals surface area contributed by atoms with Gasteiger partial charge in [-0.05, 0) is 24.3 Å². The monoisotopic (exact) mass is 347 g/mol. The maximum atomic E-state index is 12.3. The maximum Gasteiger partial charge on any atom is 0.289 e. The fourth-order valence-corrected chi connectivity index (χ4v) is 3.24. The van der Waals surface area contributed by atoms with Crippen LogP contribution in [0.3, 0.4) is 0 Å². The van der Waals surface area contributed by atoms with Crippen LogP contribution in [0, 0.1) is 10.1 Å². The first kappa shape index (κ1) is 15.5. The average Bonchev–Trinajstić information content (AvgIpc) is 2.41. The van der Waals surface area contributed by atoms with Gasteiger partial charge in [0, 0.05) is 17.3 Å². The first-order valence-electron chi connectivity index (χ1n) is 5.38. The molecule has 21 heavy (non-hydrogen) atoms. The van der Waals surface area contributed by atoms with Crippen molar-refractivity contribution >= 4 is 44.6 Å². The van der Waals surface area contributed by atoms with Crippen molar-refractivity contribution in [1.82, 2.24) is 4.98 Å². The summed E-state index contributed by atoms with van der Waals surface area (Å²) in [6.45, 7) is 0. The van der Waals surface area contributed by atoms with Crippen molar-refractivity contribution in [3.8, 4) is 0 Å². The van der Waals surface area contributed by atoms with Crippen LogP contribution in [0.2, 0.25) is 10.2 Å². The zero-order chi connectivity index (χ0) is 15.6. The molecule has 0 fully saturated rings. The molecular weight excluding hydrogens is 341 g/mol. The van der Waals surface area contributed by atoms with Gasteiger partial charge in [0.2, 0.25) is 0 Å². The Hall–Kier alpha value is -1.90. The molecule has 0 aliphatic carbocycles. The van der Waals surface area contributed by atoms with Crippen LogP contribution in [0.25, 0.3) is 0 Å². The smallest absolute Gasteiger partial charge is 0.276 e. The number of sulfonamides is 1. The molecule has 10 heteroatoms. The minimum atomic E-state index is -4.23. The van der Waals surface area contributed by atoms with Gasteiger partial charge in [-0.2, -0.15) is 0 Å². The highest BCUT2D eigenvalue weighted by molar-refractivity contribution is 7.92. The number of hydrogen-bond donors (Lipinski definition) is 1. The first-order valence-corrected chi connectivity index (χ1v) is 7.62. The molecule has 0 bridgehead atoms. The van der Waals surface area contributed by atoms with Crippen LogP contribution in [0.15, 0.2) is 41.4 Å². The highest BCUT2D eigenvalue weighted by Crippen LogP contribution is 2.29. The van der Waals surface area contributed by atoms with E-state index in [2.05, 4.69) is 9.71 Å². The Morgan fingerprint density at radius 1 is 1.24 bits per heavy atom. The lowest BCUT2D eigenvalue weighted by Crippen LogP contribution is -2.15. The topological polar surface area (TPSA) is 102 Å². The molecule has 0 atom stereocenters. The number of halogens is 2. The van der Waals surface area contributed by atoms with Gasteiger partial charge in [0.1, 0.15) is 0 Å². The van der Waals surface area contributed by atoms with Crippen LogP contribution < -0.4 is 4.72 Å². The van der Waals surface area contributed by atoms with E-state index in [1.54, 1.807) is 0 Å². The number of nitro benzene ring substituents is 1. The number of anilines is 1. The lowest BCUT2D eigenvalue weighted by molar-refractivity contribution is -0.387. The number of hydrogen-bond acceptors (Lipinski definition) is 5. The molecule has 0 aliphatic heterocycles. The summed E-state index contributed by atoms with van der Waals surface area (Å²) in [5.74, 6) is 0. The van der Waals surface area contributed by atoms with Crippen molar-refractivity contribution in [2.24, 2.45) is 0 Å². The summed E-state index contributed by atoms with van der Waals surface area (Å²) in [5.41, 5.74) is -0.583. The van der Waals surface area contributed by atoms with Gasteiger partial charge in [-0.1, -0.05) is 23.2 Å². The van der Waals surface area contributed by atoms with E-state index in [1.165, 1.54) is 24.4 Å². The van der Waals surface area contributed by atoms with Gasteiger partial charge in [0.15, 0.2) is 10.0 Å². The van der Waals surface area contributed by atoms with Gasteiger partial charge in [-0.3, -0.25) is 14.8 Å². The third-order valence-electron chi connectivity index (χ3n) is 2.41. The molecule has 1 heterocycles. The van der Waals surface area contributed by atoms with E-state index in [-0.39, 0.29) is 15.9 Å². The van der Waals surface area contributed by atoms with Crippen molar-refractivity contribution < 1.29 is 13.3 Å². The second kappa shape index (κ2) is 5.84. The molecule has 0 unspecified atom stereocenters. The minimum Gasteiger partial charge on any atom is -0.276 e. The molecule has 0 spiro atoms. The Morgan fingerprint density at radius 2 is 1.95 bits per heavy atom. The largest absolute Gasteiger partial charge is 0.289 e. The number of aromatic nitrogens is 1. The Kier molecular flexibility index (Phi) is 4.31. The minimum absolute atomic E-state index is 0.00781. The lowest BCUT2D eigenvalue weighted by atomic mass is 10.3. The number of rotatable bonds is 4. The number of benzene rings is 1. The molecule has 1 N–H and O–H groups in total. The molecule has 2 aromatic rings. The summed E-state index contributed by atoms with van der Waals surface area (Å²) in [6.07, 6.45) is 1.38. The van der Waals surface area contributed by atoms with Gasteiger partial charge in [-0.25, -0.2) is 13.4 Å². The number of nitrogens with zero attached hydrogens (tertiary/aromatic N) is 2. The summed E-state index contributed by atoms with van der Waals surface area (Å²) >= 11 is 11.5. The number of nitrogens with one attached hydrogen (secondary N) is 1. The fourth-order valence-electron chi connectivity index (χ4n) is 1.52. The van der Waals surface area contributed by atoms with Crippen LogP contribution >= 0.6 is 23.2 Å². The normalized spacial score (nSPS) is 11.1. The second-order valence-electron chi connectivity index (χ2n) is 3.82. The Balaban J connectivity index is 2.52. The van der Waals surface area contributed by atoms with Crippen molar-refractivity contribution in [2.45, 2.75) is 4.90 Å². The molecule has 7 nitrogen and oxygen atoms in total. The van der Waals surface area contributed by atoms with E-state index in [1.807, 2.05) is 0 Å². The maximum absolute atomic E-state index is 12.3. The molecule has 0 radical (unpaired) electrons. The molecule has 1 aromatic heterocycles. The van der Waals surface area contributed by atoms with Crippen molar-refractivity contribution in [2.75, 3.05) is 4.72 Å². The van der Waals surface area contributed by atoms with E-state index in [9.17, 15) is 18.5 Å². The highest BCUT2D eigenvalue weighted by atomic mass is 35.5. The molecule has 110 valence electrons. The van der Waals surface area contributed by atoms with Crippen LogP contribution in [0.4, 0.5) is 11.4 Å². The second-order valence-corrected chi connectivity index (χ2v) is 6.26. The Labute approximate surface area is 129 Å². The fraction of sp³-hybridized carbons (Fsp3) is 0. The van der Waals surface area contributed by atoms with E-state index >= 15 is 0 Å². The molecule has 0 amide bonds. The Bertz CT molecular complexity index is 811. The summed E-state index contributed by atoms with van der Waals surface area (Å²) in [6, 6.07) is 6.09. The summed E-state index contributed by atoms with van der Waals surface area (Å²) < 4.78 is 26.7. The van der Waals surface area contributed by atoms with Crippen LogP contribution in [-0.2, 0) is 10.0 Å². The average molecular weight is 348 g/mol. The molecular formula is C11H7Cl2N3O4S. The van der Waals surface area contributed by atoms with Crippen LogP contribution in [0.5, 0.6) is 0 Å². The van der Waals surface area contributed by atoms with Gasteiger partial charge in [0.05, 0.1) is 10.6 Å². The number of nitro groups is 1. The van der Waals surface area contributed by atoms with E-state index in [4.69, 9.17) is 23.2 Å². The van der Waals surface area contributed by atoms with Gasteiger partial charge in [-0.15, -0.1) is 0 Å². The molecule has 0 saturated heterocycles. The Morgan fingerprint density at radius 3 is 2.57 bits per heavy atom. The molecule has 0 aliphatic rings. The number of pyridine rings is 1. The zero-order valence-corrected chi connectivity index (χ0v) is 12.5. The predicted octanol–water partition coefficient (Wildman–Crippen LogP) is 3.10. The molecule has 1 aromatic carbocycles. The summed E-state index contributed by atoms with van der Waals surface area (Å²) in [7, 11) is -4.23. The SMILES string of the molecule is O=[N+]([O-])c1ccc(Cl)cc1S(=O)(=O)Nc1cccnc1Cl. The predicted molar refractivity (Wildman–Crippen MR) is 78.2 cm³/mol. The standard InChI is InChI=1S/C11H7Cl2N3O4S/c12-7-3-4-9(16(17)18)10(6-7)21(19,20)15-8-2-1-5-14-11(8)13/h1-6,15H. The van der Waals surface area contributed by atoms with Crippen LogP contribution in [0.1, 0.15) is 0 Å². The van der Waals surface area contributed by atoms with Crippen molar-refractivity contribution in [1.29, 1.82) is 0 Å². The molecule has 2 rings (SSSR count). The lowest BCUT2D eigenvalue weighted by Gasteiger charge is -2.09. The van der Waals surface area contributed by atoms with Crippen molar-refractivity contribution in [3.05, 3.63) is 56.8 Å². The van der Waals surface area contributed by atoms with E-state index in [0.29, 0.717) is 0 Å². The third kappa shape index (κ3) is 3.41.